The van der Waals surface area contributed by atoms with Gasteiger partial charge in [-0.05, 0) is 25.7 Å². The van der Waals surface area contributed by atoms with Crippen LogP contribution in [0.25, 0.3) is 0 Å². The van der Waals surface area contributed by atoms with Crippen LogP contribution in [-0.2, 0) is 14.2 Å². The number of ether oxygens (including phenoxy) is 3. The summed E-state index contributed by atoms with van der Waals surface area (Å²) in [4.78, 5) is 0. The molecule has 0 saturated carbocycles. The molecule has 2 heterocycles. The predicted octanol–water partition coefficient (Wildman–Crippen LogP) is 1.33. The van der Waals surface area contributed by atoms with Gasteiger partial charge in [0.15, 0.2) is 0 Å². The first-order chi connectivity index (χ1) is 8.28. The van der Waals surface area contributed by atoms with Gasteiger partial charge in [0.25, 0.3) is 0 Å². The SMILES string of the molecule is CCOC1(C(N)C2CCOCC2)CCOCC1. The molecule has 2 rings (SSSR count). The highest BCUT2D eigenvalue weighted by Gasteiger charge is 2.43. The van der Waals surface area contributed by atoms with Crippen molar-refractivity contribution < 1.29 is 14.2 Å². The van der Waals surface area contributed by atoms with Gasteiger partial charge in [-0.15, -0.1) is 0 Å². The van der Waals surface area contributed by atoms with Crippen molar-refractivity contribution >= 4 is 0 Å². The lowest BCUT2D eigenvalue weighted by Crippen LogP contribution is -2.57. The van der Waals surface area contributed by atoms with Crippen molar-refractivity contribution in [1.29, 1.82) is 0 Å². The quantitative estimate of drug-likeness (QED) is 0.809. The smallest absolute Gasteiger partial charge is 0.0878 e. The van der Waals surface area contributed by atoms with Gasteiger partial charge in [0.2, 0.25) is 0 Å². The molecule has 2 aliphatic rings. The van der Waals surface area contributed by atoms with Gasteiger partial charge in [0.05, 0.1) is 5.60 Å². The minimum absolute atomic E-state index is 0.121. The first-order valence-corrected chi connectivity index (χ1v) is 6.83. The van der Waals surface area contributed by atoms with E-state index in [-0.39, 0.29) is 11.6 Å². The highest BCUT2D eigenvalue weighted by atomic mass is 16.5. The maximum Gasteiger partial charge on any atom is 0.0878 e. The summed E-state index contributed by atoms with van der Waals surface area (Å²) < 4.78 is 16.9. The summed E-state index contributed by atoms with van der Waals surface area (Å²) in [5.41, 5.74) is 6.35. The predicted molar refractivity (Wildman–Crippen MR) is 65.9 cm³/mol. The summed E-state index contributed by atoms with van der Waals surface area (Å²) in [6, 6.07) is 0.121. The van der Waals surface area contributed by atoms with Gasteiger partial charge in [0.1, 0.15) is 0 Å². The summed E-state index contributed by atoms with van der Waals surface area (Å²) in [5, 5.41) is 0. The summed E-state index contributed by atoms with van der Waals surface area (Å²) in [7, 11) is 0. The Hall–Kier alpha value is -0.160. The molecular formula is C13H25NO3. The topological polar surface area (TPSA) is 53.7 Å². The summed E-state index contributed by atoms with van der Waals surface area (Å²) in [6.45, 7) is 6.02. The Morgan fingerprint density at radius 2 is 1.76 bits per heavy atom. The van der Waals surface area contributed by atoms with Gasteiger partial charge in [-0.3, -0.25) is 0 Å². The van der Waals surface area contributed by atoms with Crippen molar-refractivity contribution in [3.63, 3.8) is 0 Å². The van der Waals surface area contributed by atoms with E-state index in [0.717, 1.165) is 58.7 Å². The lowest BCUT2D eigenvalue weighted by molar-refractivity contribution is -0.134. The van der Waals surface area contributed by atoms with E-state index >= 15 is 0 Å². The Morgan fingerprint density at radius 3 is 2.35 bits per heavy atom. The molecule has 17 heavy (non-hydrogen) atoms. The third kappa shape index (κ3) is 2.99. The third-order valence-electron chi connectivity index (χ3n) is 4.15. The minimum atomic E-state index is -0.158. The van der Waals surface area contributed by atoms with Crippen molar-refractivity contribution in [3.8, 4) is 0 Å². The molecule has 1 atom stereocenters. The Labute approximate surface area is 104 Å². The van der Waals surface area contributed by atoms with E-state index in [9.17, 15) is 0 Å². The highest BCUT2D eigenvalue weighted by Crippen LogP contribution is 2.34. The highest BCUT2D eigenvalue weighted by molar-refractivity contribution is 4.97. The van der Waals surface area contributed by atoms with Crippen LogP contribution in [0.3, 0.4) is 0 Å². The fourth-order valence-electron chi connectivity index (χ4n) is 3.08. The number of nitrogens with two attached hydrogens (primary N) is 1. The fourth-order valence-corrected chi connectivity index (χ4v) is 3.08. The lowest BCUT2D eigenvalue weighted by atomic mass is 9.77. The van der Waals surface area contributed by atoms with Crippen LogP contribution >= 0.6 is 0 Å². The molecule has 2 N–H and O–H groups in total. The van der Waals surface area contributed by atoms with Gasteiger partial charge >= 0.3 is 0 Å². The molecule has 0 spiro atoms. The van der Waals surface area contributed by atoms with Gasteiger partial charge in [-0.25, -0.2) is 0 Å². The zero-order valence-electron chi connectivity index (χ0n) is 10.8. The third-order valence-corrected chi connectivity index (χ3v) is 4.15. The van der Waals surface area contributed by atoms with Crippen LogP contribution in [0.4, 0.5) is 0 Å². The maximum absolute atomic E-state index is 6.51. The maximum atomic E-state index is 6.51. The molecule has 2 fully saturated rings. The molecule has 1 unspecified atom stereocenters. The van der Waals surface area contributed by atoms with E-state index in [1.54, 1.807) is 0 Å². The minimum Gasteiger partial charge on any atom is -0.381 e. The molecule has 2 saturated heterocycles. The average Bonchev–Trinajstić information content (AvgIpc) is 2.40. The molecule has 0 amide bonds. The van der Waals surface area contributed by atoms with E-state index in [1.165, 1.54) is 0 Å². The van der Waals surface area contributed by atoms with Crippen LogP contribution < -0.4 is 5.73 Å². The summed E-state index contributed by atoms with van der Waals surface area (Å²) in [6.07, 6.45) is 3.99. The molecule has 0 aromatic rings. The number of hydrogen-bond acceptors (Lipinski definition) is 4. The van der Waals surface area contributed by atoms with Crippen molar-refractivity contribution in [3.05, 3.63) is 0 Å². The molecule has 0 aromatic carbocycles. The lowest BCUT2D eigenvalue weighted by Gasteiger charge is -2.45. The molecule has 0 aliphatic carbocycles. The van der Waals surface area contributed by atoms with Crippen LogP contribution in [0, 0.1) is 5.92 Å². The number of rotatable bonds is 4. The van der Waals surface area contributed by atoms with Gasteiger partial charge < -0.3 is 19.9 Å². The van der Waals surface area contributed by atoms with Crippen LogP contribution in [0.5, 0.6) is 0 Å². The second-order valence-electron chi connectivity index (χ2n) is 5.09. The van der Waals surface area contributed by atoms with Crippen LogP contribution in [0.15, 0.2) is 0 Å². The Balaban J connectivity index is 2.02. The first kappa shape index (κ1) is 13.3. The second kappa shape index (κ2) is 6.14. The van der Waals surface area contributed by atoms with Crippen LogP contribution in [0.1, 0.15) is 32.6 Å². The molecule has 2 aliphatic heterocycles. The largest absolute Gasteiger partial charge is 0.381 e. The van der Waals surface area contributed by atoms with Crippen molar-refractivity contribution in [1.82, 2.24) is 0 Å². The van der Waals surface area contributed by atoms with E-state index in [2.05, 4.69) is 0 Å². The van der Waals surface area contributed by atoms with Crippen LogP contribution in [0.2, 0.25) is 0 Å². The van der Waals surface area contributed by atoms with Crippen molar-refractivity contribution in [2.45, 2.75) is 44.2 Å². The van der Waals surface area contributed by atoms with Gasteiger partial charge in [-0.2, -0.15) is 0 Å². The van der Waals surface area contributed by atoms with Gasteiger partial charge in [-0.1, -0.05) is 0 Å². The second-order valence-corrected chi connectivity index (χ2v) is 5.09. The fraction of sp³-hybridized carbons (Fsp3) is 1.00. The van der Waals surface area contributed by atoms with Gasteiger partial charge in [0, 0.05) is 51.9 Å². The molecular weight excluding hydrogens is 218 g/mol. The summed E-state index contributed by atoms with van der Waals surface area (Å²) >= 11 is 0. The zero-order valence-corrected chi connectivity index (χ0v) is 10.8. The molecule has 0 aromatic heterocycles. The Morgan fingerprint density at radius 1 is 1.18 bits per heavy atom. The molecule has 0 radical (unpaired) electrons. The Kier molecular flexibility index (Phi) is 4.79. The van der Waals surface area contributed by atoms with E-state index in [4.69, 9.17) is 19.9 Å². The summed E-state index contributed by atoms with van der Waals surface area (Å²) in [5.74, 6) is 0.536. The molecule has 100 valence electrons. The van der Waals surface area contributed by atoms with Crippen molar-refractivity contribution in [2.24, 2.45) is 11.7 Å². The number of hydrogen-bond donors (Lipinski definition) is 1. The standard InChI is InChI=1S/C13H25NO3/c1-2-17-13(5-9-16-10-6-13)12(14)11-3-7-15-8-4-11/h11-12H,2-10,14H2,1H3. The normalized spacial score (nSPS) is 27.9. The first-order valence-electron chi connectivity index (χ1n) is 6.83. The average molecular weight is 243 g/mol. The van der Waals surface area contributed by atoms with E-state index in [0.29, 0.717) is 5.92 Å². The van der Waals surface area contributed by atoms with E-state index in [1.807, 2.05) is 6.92 Å². The van der Waals surface area contributed by atoms with Crippen molar-refractivity contribution in [2.75, 3.05) is 33.0 Å². The Bertz CT molecular complexity index is 217. The van der Waals surface area contributed by atoms with Crippen LogP contribution in [-0.4, -0.2) is 44.7 Å². The van der Waals surface area contributed by atoms with E-state index < -0.39 is 0 Å². The molecule has 4 heteroatoms. The molecule has 0 bridgehead atoms. The zero-order chi connectivity index (χ0) is 12.1. The monoisotopic (exact) mass is 243 g/mol. The molecule has 4 nitrogen and oxygen atoms in total.